The van der Waals surface area contributed by atoms with Crippen LogP contribution in [-0.4, -0.2) is 25.5 Å². The fourth-order valence-electron chi connectivity index (χ4n) is 2.99. The molecule has 1 N–H and O–H groups in total. The Hall–Kier alpha value is -2.84. The highest BCUT2D eigenvalue weighted by Gasteiger charge is 2.24. The average molecular weight is 490 g/mol. The minimum Gasteiger partial charge on any atom is -0.493 e. The van der Waals surface area contributed by atoms with E-state index in [9.17, 15) is 8.42 Å². The molecule has 0 bridgehead atoms. The molecule has 0 aliphatic heterocycles. The zero-order valence-corrected chi connectivity index (χ0v) is 21.1. The van der Waals surface area contributed by atoms with Gasteiger partial charge in [0.2, 0.25) is 5.75 Å². The van der Waals surface area contributed by atoms with Crippen LogP contribution >= 0.6 is 11.6 Å². The summed E-state index contributed by atoms with van der Waals surface area (Å²) < 4.78 is 40.2. The highest BCUT2D eigenvalue weighted by Crippen LogP contribution is 2.39. The number of anilines is 1. The first-order valence-corrected chi connectivity index (χ1v) is 12.3. The van der Waals surface area contributed by atoms with E-state index in [0.717, 1.165) is 5.56 Å². The maximum Gasteiger partial charge on any atom is 0.263 e. The lowest BCUT2D eigenvalue weighted by molar-refractivity contribution is 0.378. The van der Waals surface area contributed by atoms with E-state index in [0.29, 0.717) is 17.3 Å². The van der Waals surface area contributed by atoms with E-state index in [1.54, 1.807) is 48.5 Å². The molecule has 0 unspecified atom stereocenters. The maximum atomic E-state index is 13.2. The summed E-state index contributed by atoms with van der Waals surface area (Å²) in [4.78, 5) is 8.78. The molecular formula is C24H28ClN3O4S. The third-order valence-corrected chi connectivity index (χ3v) is 6.51. The monoisotopic (exact) mass is 489 g/mol. The predicted octanol–water partition coefficient (Wildman–Crippen LogP) is 6.15. The van der Waals surface area contributed by atoms with Crippen LogP contribution < -0.4 is 14.2 Å². The number of rotatable bonds is 7. The van der Waals surface area contributed by atoms with Gasteiger partial charge in [0.25, 0.3) is 10.0 Å². The Morgan fingerprint density at radius 2 is 1.58 bits per heavy atom. The van der Waals surface area contributed by atoms with Crippen LogP contribution in [0.2, 0.25) is 5.15 Å². The van der Waals surface area contributed by atoms with Gasteiger partial charge >= 0.3 is 0 Å². The van der Waals surface area contributed by atoms with Crippen LogP contribution in [0.15, 0.2) is 53.4 Å². The number of aromatic nitrogens is 2. The number of nitrogens with zero attached hydrogens (tertiary/aromatic N) is 2. The molecule has 0 amide bonds. The minimum absolute atomic E-state index is 0.0135. The number of halogens is 1. The molecule has 1 heterocycles. The van der Waals surface area contributed by atoms with Gasteiger partial charge in [-0.15, -0.1) is 0 Å². The van der Waals surface area contributed by atoms with Crippen LogP contribution in [0.3, 0.4) is 0 Å². The Kier molecular flexibility index (Phi) is 7.19. The number of nitrogens with one attached hydrogen (secondary N) is 1. The number of ether oxygens (including phenoxy) is 2. The summed E-state index contributed by atoms with van der Waals surface area (Å²) in [6.07, 6.45) is 0. The highest BCUT2D eigenvalue weighted by molar-refractivity contribution is 7.92. The van der Waals surface area contributed by atoms with Gasteiger partial charge < -0.3 is 9.47 Å². The average Bonchev–Trinajstić information content (AvgIpc) is 2.75. The molecule has 0 aliphatic carbocycles. The number of benzene rings is 2. The molecule has 0 aliphatic rings. The highest BCUT2D eigenvalue weighted by atomic mass is 35.5. The summed E-state index contributed by atoms with van der Waals surface area (Å²) in [6, 6.07) is 13.7. The Morgan fingerprint density at radius 3 is 2.12 bits per heavy atom. The van der Waals surface area contributed by atoms with Crippen molar-refractivity contribution in [2.24, 2.45) is 0 Å². The van der Waals surface area contributed by atoms with Gasteiger partial charge in [-0.1, -0.05) is 70.5 Å². The van der Waals surface area contributed by atoms with Crippen LogP contribution in [0.1, 0.15) is 51.9 Å². The van der Waals surface area contributed by atoms with Crippen molar-refractivity contribution < 1.29 is 17.9 Å². The summed E-state index contributed by atoms with van der Waals surface area (Å²) in [5.41, 5.74) is 0.923. The molecule has 1 aromatic heterocycles. The van der Waals surface area contributed by atoms with Gasteiger partial charge in [-0.3, -0.25) is 4.72 Å². The second-order valence-corrected chi connectivity index (χ2v) is 10.9. The van der Waals surface area contributed by atoms with Crippen molar-refractivity contribution in [2.75, 3.05) is 11.8 Å². The second-order valence-electron chi connectivity index (χ2n) is 8.84. The molecule has 0 saturated heterocycles. The molecule has 3 rings (SSSR count). The van der Waals surface area contributed by atoms with E-state index in [1.807, 2.05) is 13.8 Å². The van der Waals surface area contributed by atoms with Crippen LogP contribution in [0.4, 0.5) is 5.82 Å². The van der Waals surface area contributed by atoms with E-state index in [-0.39, 0.29) is 32.9 Å². The van der Waals surface area contributed by atoms with Gasteiger partial charge in [0, 0.05) is 5.92 Å². The standard InChI is InChI=1S/C24H28ClN3O4S/c1-15(2)22-26-21(25)20(32-19-10-8-7-9-18(19)31-6)23(27-22)28-33(29,30)17-13-11-16(12-14-17)24(3,4)5/h7-15H,1-6H3,(H,26,27,28). The number of sulfonamides is 1. The Labute approximate surface area is 200 Å². The van der Waals surface area contributed by atoms with Crippen molar-refractivity contribution in [3.8, 4) is 17.2 Å². The van der Waals surface area contributed by atoms with Gasteiger partial charge in [0.05, 0.1) is 12.0 Å². The van der Waals surface area contributed by atoms with Gasteiger partial charge in [0.1, 0.15) is 5.82 Å². The van der Waals surface area contributed by atoms with Gasteiger partial charge in [0.15, 0.2) is 22.5 Å². The van der Waals surface area contributed by atoms with Crippen LogP contribution in [0.25, 0.3) is 0 Å². The molecule has 3 aromatic rings. The summed E-state index contributed by atoms with van der Waals surface area (Å²) in [6.45, 7) is 9.96. The molecule has 0 fully saturated rings. The molecule has 0 atom stereocenters. The van der Waals surface area contributed by atoms with Crippen molar-refractivity contribution in [1.29, 1.82) is 0 Å². The minimum atomic E-state index is -3.98. The zero-order valence-electron chi connectivity index (χ0n) is 19.5. The van der Waals surface area contributed by atoms with E-state index >= 15 is 0 Å². The lowest BCUT2D eigenvalue weighted by Gasteiger charge is -2.19. The van der Waals surface area contributed by atoms with E-state index in [1.165, 1.54) is 7.11 Å². The first-order chi connectivity index (χ1) is 15.4. The molecule has 33 heavy (non-hydrogen) atoms. The van der Waals surface area contributed by atoms with E-state index < -0.39 is 10.0 Å². The third-order valence-electron chi connectivity index (χ3n) is 4.90. The van der Waals surface area contributed by atoms with E-state index in [2.05, 4.69) is 35.5 Å². The van der Waals surface area contributed by atoms with Crippen LogP contribution in [0, 0.1) is 0 Å². The number of para-hydroxylation sites is 2. The zero-order chi connectivity index (χ0) is 24.4. The number of methoxy groups -OCH3 is 1. The summed E-state index contributed by atoms with van der Waals surface area (Å²) >= 11 is 6.42. The largest absolute Gasteiger partial charge is 0.493 e. The third kappa shape index (κ3) is 5.75. The van der Waals surface area contributed by atoms with Crippen molar-refractivity contribution in [3.05, 3.63) is 65.1 Å². The van der Waals surface area contributed by atoms with Crippen molar-refractivity contribution in [3.63, 3.8) is 0 Å². The SMILES string of the molecule is COc1ccccc1Oc1c(Cl)nc(C(C)C)nc1NS(=O)(=O)c1ccc(C(C)(C)C)cc1. The van der Waals surface area contributed by atoms with Crippen molar-refractivity contribution >= 4 is 27.4 Å². The summed E-state index contributed by atoms with van der Waals surface area (Å²) in [7, 11) is -2.47. The van der Waals surface area contributed by atoms with Crippen molar-refractivity contribution in [1.82, 2.24) is 9.97 Å². The molecule has 9 heteroatoms. The van der Waals surface area contributed by atoms with Crippen molar-refractivity contribution in [2.45, 2.75) is 50.8 Å². The Balaban J connectivity index is 2.05. The number of hydrogen-bond acceptors (Lipinski definition) is 6. The topological polar surface area (TPSA) is 90.4 Å². The lowest BCUT2D eigenvalue weighted by atomic mass is 9.87. The Bertz CT molecular complexity index is 1240. The lowest BCUT2D eigenvalue weighted by Crippen LogP contribution is -2.17. The maximum absolute atomic E-state index is 13.2. The van der Waals surface area contributed by atoms with E-state index in [4.69, 9.17) is 21.1 Å². The quantitative estimate of drug-likeness (QED) is 0.400. The molecule has 7 nitrogen and oxygen atoms in total. The molecule has 0 radical (unpaired) electrons. The summed E-state index contributed by atoms with van der Waals surface area (Å²) in [5.74, 6) is 1.03. The normalized spacial score (nSPS) is 12.0. The van der Waals surface area contributed by atoms with Crippen LogP contribution in [0.5, 0.6) is 17.2 Å². The molecule has 0 spiro atoms. The fourth-order valence-corrected chi connectivity index (χ4v) is 4.21. The van der Waals surface area contributed by atoms with Crippen LogP contribution in [-0.2, 0) is 15.4 Å². The number of hydrogen-bond donors (Lipinski definition) is 1. The van der Waals surface area contributed by atoms with Gasteiger partial charge in [-0.05, 0) is 35.2 Å². The molecular weight excluding hydrogens is 462 g/mol. The smallest absolute Gasteiger partial charge is 0.263 e. The Morgan fingerprint density at radius 1 is 0.970 bits per heavy atom. The molecule has 0 saturated carbocycles. The second kappa shape index (κ2) is 9.57. The van der Waals surface area contributed by atoms with Gasteiger partial charge in [-0.25, -0.2) is 18.4 Å². The fraction of sp³-hybridized carbons (Fsp3) is 0.333. The molecule has 176 valence electrons. The predicted molar refractivity (Wildman–Crippen MR) is 130 cm³/mol. The van der Waals surface area contributed by atoms with Gasteiger partial charge in [-0.2, -0.15) is 0 Å². The first kappa shape index (κ1) is 24.8. The first-order valence-electron chi connectivity index (χ1n) is 10.4. The summed E-state index contributed by atoms with van der Waals surface area (Å²) in [5, 5.41) is -0.0135. The molecule has 2 aromatic carbocycles.